The Kier molecular flexibility index (Phi) is 4.24. The molecule has 0 spiro atoms. The largest absolute Gasteiger partial charge is 0.356 e. The Hall–Kier alpha value is -3.27. The number of pyridine rings is 1. The monoisotopic (exact) mass is 366 g/mol. The maximum Gasteiger partial charge on any atom is 0.163 e. The van der Waals surface area contributed by atoms with Gasteiger partial charge in [0.15, 0.2) is 5.82 Å². The number of aromatic nitrogens is 3. The fourth-order valence-corrected chi connectivity index (χ4v) is 3.91. The third-order valence-electron chi connectivity index (χ3n) is 5.35. The lowest BCUT2D eigenvalue weighted by Gasteiger charge is -2.20. The van der Waals surface area contributed by atoms with Crippen molar-refractivity contribution in [1.82, 2.24) is 15.0 Å². The van der Waals surface area contributed by atoms with Crippen molar-refractivity contribution in [2.75, 3.05) is 18.0 Å². The summed E-state index contributed by atoms with van der Waals surface area (Å²) < 4.78 is 0. The molecule has 0 saturated carbocycles. The van der Waals surface area contributed by atoms with Crippen molar-refractivity contribution in [3.8, 4) is 22.5 Å². The van der Waals surface area contributed by atoms with Crippen LogP contribution in [0.15, 0.2) is 67.0 Å². The molecule has 0 amide bonds. The molecule has 4 aromatic rings. The standard InChI is InChI=1S/C24H22N4/c1-17-6-4-7-18(14-17)19-9-10-22-21(15-19)24(28-12-2-3-13-28)27-23(26-22)20-8-5-11-25-16-20/h4-11,14-16H,2-3,12-13H2,1H3. The molecular formula is C24H22N4. The van der Waals surface area contributed by atoms with Gasteiger partial charge in [0.25, 0.3) is 0 Å². The molecule has 0 radical (unpaired) electrons. The first kappa shape index (κ1) is 16.9. The first-order chi connectivity index (χ1) is 13.8. The van der Waals surface area contributed by atoms with E-state index in [9.17, 15) is 0 Å². The van der Waals surface area contributed by atoms with Crippen LogP contribution < -0.4 is 4.90 Å². The lowest BCUT2D eigenvalue weighted by atomic mass is 10.0. The van der Waals surface area contributed by atoms with Gasteiger partial charge in [-0.05, 0) is 55.2 Å². The normalized spacial score (nSPS) is 14.0. The molecule has 1 aliphatic heterocycles. The average Bonchev–Trinajstić information content (AvgIpc) is 3.28. The molecule has 138 valence electrons. The van der Waals surface area contributed by atoms with Gasteiger partial charge in [0.1, 0.15) is 5.82 Å². The lowest BCUT2D eigenvalue weighted by Crippen LogP contribution is -2.20. The van der Waals surface area contributed by atoms with Crippen molar-refractivity contribution in [2.45, 2.75) is 19.8 Å². The van der Waals surface area contributed by atoms with Crippen LogP contribution in [-0.4, -0.2) is 28.0 Å². The van der Waals surface area contributed by atoms with E-state index < -0.39 is 0 Å². The molecule has 3 heterocycles. The van der Waals surface area contributed by atoms with Gasteiger partial charge in [0, 0.05) is 36.4 Å². The van der Waals surface area contributed by atoms with E-state index >= 15 is 0 Å². The third-order valence-corrected chi connectivity index (χ3v) is 5.35. The number of benzene rings is 2. The van der Waals surface area contributed by atoms with E-state index in [-0.39, 0.29) is 0 Å². The van der Waals surface area contributed by atoms with Crippen molar-refractivity contribution in [3.05, 3.63) is 72.6 Å². The van der Waals surface area contributed by atoms with E-state index in [4.69, 9.17) is 9.97 Å². The van der Waals surface area contributed by atoms with Crippen molar-refractivity contribution in [3.63, 3.8) is 0 Å². The molecule has 1 aliphatic rings. The topological polar surface area (TPSA) is 41.9 Å². The fraction of sp³-hybridized carbons (Fsp3) is 0.208. The van der Waals surface area contributed by atoms with E-state index in [2.05, 4.69) is 59.3 Å². The van der Waals surface area contributed by atoms with Gasteiger partial charge in [0.05, 0.1) is 5.52 Å². The summed E-state index contributed by atoms with van der Waals surface area (Å²) in [6.07, 6.45) is 6.03. The van der Waals surface area contributed by atoms with Crippen LogP contribution in [0.3, 0.4) is 0 Å². The van der Waals surface area contributed by atoms with Crippen molar-refractivity contribution >= 4 is 16.7 Å². The summed E-state index contributed by atoms with van der Waals surface area (Å²) in [5.41, 5.74) is 5.63. The molecule has 2 aromatic heterocycles. The van der Waals surface area contributed by atoms with Gasteiger partial charge in [-0.15, -0.1) is 0 Å². The van der Waals surface area contributed by atoms with Crippen molar-refractivity contribution in [2.24, 2.45) is 0 Å². The van der Waals surface area contributed by atoms with Crippen molar-refractivity contribution in [1.29, 1.82) is 0 Å². The highest BCUT2D eigenvalue weighted by Crippen LogP contribution is 2.33. The second-order valence-electron chi connectivity index (χ2n) is 7.41. The Morgan fingerprint density at radius 3 is 2.43 bits per heavy atom. The van der Waals surface area contributed by atoms with Crippen LogP contribution in [0.4, 0.5) is 5.82 Å². The first-order valence-corrected chi connectivity index (χ1v) is 9.82. The Bertz CT molecular complexity index is 1130. The minimum atomic E-state index is 0.741. The SMILES string of the molecule is Cc1cccc(-c2ccc3nc(-c4cccnc4)nc(N4CCCC4)c3c2)c1. The summed E-state index contributed by atoms with van der Waals surface area (Å²) in [5.74, 6) is 1.78. The summed E-state index contributed by atoms with van der Waals surface area (Å²) in [6, 6.07) is 19.1. The maximum atomic E-state index is 4.98. The second kappa shape index (κ2) is 7.04. The van der Waals surface area contributed by atoms with E-state index in [1.807, 2.05) is 18.3 Å². The van der Waals surface area contributed by atoms with Gasteiger partial charge in [-0.3, -0.25) is 4.98 Å². The zero-order valence-corrected chi connectivity index (χ0v) is 16.0. The van der Waals surface area contributed by atoms with Crippen LogP contribution in [0.2, 0.25) is 0 Å². The molecule has 0 atom stereocenters. The molecule has 5 rings (SSSR count). The smallest absolute Gasteiger partial charge is 0.163 e. The summed E-state index contributed by atoms with van der Waals surface area (Å²) in [4.78, 5) is 16.5. The molecule has 4 nitrogen and oxygen atoms in total. The lowest BCUT2D eigenvalue weighted by molar-refractivity contribution is 0.941. The number of aryl methyl sites for hydroxylation is 1. The van der Waals surface area contributed by atoms with E-state index in [1.165, 1.54) is 29.5 Å². The fourth-order valence-electron chi connectivity index (χ4n) is 3.91. The van der Waals surface area contributed by atoms with E-state index in [0.717, 1.165) is 41.2 Å². The number of fused-ring (bicyclic) bond motifs is 1. The minimum absolute atomic E-state index is 0.741. The predicted molar refractivity (Wildman–Crippen MR) is 114 cm³/mol. The van der Waals surface area contributed by atoms with Gasteiger partial charge in [0.2, 0.25) is 0 Å². The van der Waals surface area contributed by atoms with Crippen LogP contribution in [0, 0.1) is 6.92 Å². The predicted octanol–water partition coefficient (Wildman–Crippen LogP) is 5.27. The van der Waals surface area contributed by atoms with Gasteiger partial charge in [-0.1, -0.05) is 35.9 Å². The Morgan fingerprint density at radius 1 is 0.821 bits per heavy atom. The first-order valence-electron chi connectivity index (χ1n) is 9.82. The van der Waals surface area contributed by atoms with Crippen molar-refractivity contribution < 1.29 is 0 Å². The molecule has 28 heavy (non-hydrogen) atoms. The van der Waals surface area contributed by atoms with Crippen LogP contribution in [0.1, 0.15) is 18.4 Å². The highest BCUT2D eigenvalue weighted by molar-refractivity contribution is 5.94. The molecule has 0 N–H and O–H groups in total. The summed E-state index contributed by atoms with van der Waals surface area (Å²) in [6.45, 7) is 4.23. The summed E-state index contributed by atoms with van der Waals surface area (Å²) >= 11 is 0. The quantitative estimate of drug-likeness (QED) is 0.495. The Balaban J connectivity index is 1.70. The molecule has 0 unspecified atom stereocenters. The minimum Gasteiger partial charge on any atom is -0.356 e. The van der Waals surface area contributed by atoms with Crippen LogP contribution >= 0.6 is 0 Å². The number of hydrogen-bond acceptors (Lipinski definition) is 4. The highest BCUT2D eigenvalue weighted by atomic mass is 15.2. The van der Waals surface area contributed by atoms with Gasteiger partial charge < -0.3 is 4.90 Å². The van der Waals surface area contributed by atoms with E-state index in [1.54, 1.807) is 6.20 Å². The Morgan fingerprint density at radius 2 is 1.64 bits per heavy atom. The summed E-state index contributed by atoms with van der Waals surface area (Å²) in [7, 11) is 0. The molecule has 1 fully saturated rings. The maximum absolute atomic E-state index is 4.98. The van der Waals surface area contributed by atoms with Gasteiger partial charge in [-0.2, -0.15) is 0 Å². The number of anilines is 1. The zero-order chi connectivity index (χ0) is 18.9. The molecule has 0 bridgehead atoms. The number of hydrogen-bond donors (Lipinski definition) is 0. The number of nitrogens with zero attached hydrogens (tertiary/aromatic N) is 4. The molecule has 0 aliphatic carbocycles. The van der Waals surface area contributed by atoms with E-state index in [0.29, 0.717) is 0 Å². The van der Waals surface area contributed by atoms with Crippen LogP contribution in [0.25, 0.3) is 33.4 Å². The Labute approximate surface area is 164 Å². The molecule has 1 saturated heterocycles. The molecule has 2 aromatic carbocycles. The number of rotatable bonds is 3. The molecule has 4 heteroatoms. The molecular weight excluding hydrogens is 344 g/mol. The van der Waals surface area contributed by atoms with Gasteiger partial charge in [-0.25, -0.2) is 9.97 Å². The summed E-state index contributed by atoms with van der Waals surface area (Å²) in [5, 5.41) is 1.12. The van der Waals surface area contributed by atoms with Crippen LogP contribution in [-0.2, 0) is 0 Å². The van der Waals surface area contributed by atoms with Gasteiger partial charge >= 0.3 is 0 Å². The van der Waals surface area contributed by atoms with Crippen LogP contribution in [0.5, 0.6) is 0 Å². The second-order valence-corrected chi connectivity index (χ2v) is 7.41. The average molecular weight is 366 g/mol. The zero-order valence-electron chi connectivity index (χ0n) is 16.0. The third kappa shape index (κ3) is 3.11. The highest BCUT2D eigenvalue weighted by Gasteiger charge is 2.19.